The van der Waals surface area contributed by atoms with Crippen LogP contribution in [0.4, 0.5) is 0 Å². The number of carbonyl (C=O) groups excluding carboxylic acids is 4. The number of esters is 2. The number of amides is 1. The Morgan fingerprint density at radius 1 is 0.921 bits per heavy atom. The van der Waals surface area contributed by atoms with Crippen molar-refractivity contribution < 1.29 is 79.0 Å². The topological polar surface area (TPSA) is 279 Å². The van der Waals surface area contributed by atoms with Crippen LogP contribution in [0.15, 0.2) is 71.8 Å². The van der Waals surface area contributed by atoms with Crippen LogP contribution in [-0.2, 0) is 33.3 Å². The Balaban J connectivity index is 1.18. The van der Waals surface area contributed by atoms with Crippen LogP contribution < -0.4 is 5.32 Å². The van der Waals surface area contributed by atoms with Crippen LogP contribution in [0.2, 0.25) is 0 Å². The molecule has 2 bridgehead atoms. The molecule has 7 rings (SSSR count). The number of aliphatic hydroxyl groups is 8. The van der Waals surface area contributed by atoms with Gasteiger partial charge in [-0.3, -0.25) is 9.59 Å². The number of ketones is 1. The zero-order chi connectivity index (χ0) is 46.0. The van der Waals surface area contributed by atoms with Crippen molar-refractivity contribution in [2.75, 3.05) is 13.2 Å². The third-order valence-corrected chi connectivity index (χ3v) is 15.2. The van der Waals surface area contributed by atoms with Gasteiger partial charge in [-0.1, -0.05) is 69.3 Å². The molecule has 1 saturated heterocycles. The second-order valence-corrected chi connectivity index (χ2v) is 18.7. The number of Topliss-reactive ketones (excluding diaryl/α,β-unsaturated/α-hetero) is 1. The summed E-state index contributed by atoms with van der Waals surface area (Å²) in [5.74, 6) is -6.16. The van der Waals surface area contributed by atoms with Crippen molar-refractivity contribution in [1.29, 1.82) is 0 Å². The molecular weight excluding hydrogens is 822 g/mol. The van der Waals surface area contributed by atoms with Crippen LogP contribution in [-0.4, -0.2) is 144 Å². The first-order valence-electron chi connectivity index (χ1n) is 21.4. The average Bonchev–Trinajstić information content (AvgIpc) is 3.26. The molecule has 17 heteroatoms. The third-order valence-electron chi connectivity index (χ3n) is 15.2. The lowest BCUT2D eigenvalue weighted by atomic mass is 9.39. The number of ether oxygens (including phenoxy) is 4. The molecule has 344 valence electrons. The first kappa shape index (κ1) is 46.8. The first-order valence-corrected chi connectivity index (χ1v) is 21.4. The predicted octanol–water partition coefficient (Wildman–Crippen LogP) is 0.383. The largest absolute Gasteiger partial charge is 0.460 e. The molecule has 4 fully saturated rings. The molecule has 0 spiro atoms. The lowest BCUT2D eigenvalue weighted by Crippen LogP contribution is -2.75. The van der Waals surface area contributed by atoms with Crippen molar-refractivity contribution in [3.63, 3.8) is 0 Å². The number of nitrogens with one attached hydrogen (secondary N) is 1. The fourth-order valence-electron chi connectivity index (χ4n) is 11.5. The number of benzene rings is 2. The lowest BCUT2D eigenvalue weighted by molar-refractivity contribution is -0.302. The molecular formula is C46H59NO16. The molecule has 2 aromatic rings. The van der Waals surface area contributed by atoms with E-state index in [2.05, 4.69) is 5.32 Å². The van der Waals surface area contributed by atoms with Gasteiger partial charge < -0.3 is 65.1 Å². The Kier molecular flexibility index (Phi) is 12.9. The molecule has 1 aliphatic heterocycles. The summed E-state index contributed by atoms with van der Waals surface area (Å²) in [7, 11) is 0. The Morgan fingerprint density at radius 2 is 1.56 bits per heavy atom. The molecule has 16 atom stereocenters. The van der Waals surface area contributed by atoms with Crippen LogP contribution in [0.25, 0.3) is 0 Å². The number of carbonyl (C=O) groups is 4. The summed E-state index contributed by atoms with van der Waals surface area (Å²) in [5, 5.41) is 92.6. The third kappa shape index (κ3) is 7.73. The van der Waals surface area contributed by atoms with Gasteiger partial charge in [0.15, 0.2) is 18.2 Å². The molecule has 3 saturated carbocycles. The molecule has 0 aromatic heterocycles. The van der Waals surface area contributed by atoms with Crippen LogP contribution in [0.5, 0.6) is 0 Å². The standard InChI is InChI=1S/C46H59NO16/c1-22-27(61-41(57)35(52)32(24-12-8-6-9-13-24)47-40(56)25-14-10-7-11-15-25)19-46(59)23(2)38-44(5,39(55)34(51)31(22)43(46,3)4)29(18-26-16-17-45(26,38)58)63-30(49)21-60-42-37(54)36(53)33(50)28(20-48)62-42/h6-15,23,26-29,32-38,42,48,50-54,58-59H,16-21H2,1-5H3,(H,47,56)/t23-,26+,27?,28?,29?,32?,33?,34?,35?,36?,37?,38?,42?,44+,45?,46?/m0/s1. The van der Waals surface area contributed by atoms with Crippen LogP contribution in [0.3, 0.4) is 0 Å². The van der Waals surface area contributed by atoms with Gasteiger partial charge in [0.2, 0.25) is 0 Å². The smallest absolute Gasteiger partial charge is 0.338 e. The minimum Gasteiger partial charge on any atom is -0.460 e. The maximum atomic E-state index is 15.1. The lowest BCUT2D eigenvalue weighted by Gasteiger charge is -2.68. The Bertz CT molecular complexity index is 2080. The van der Waals surface area contributed by atoms with Crippen LogP contribution in [0.1, 0.15) is 82.3 Å². The summed E-state index contributed by atoms with van der Waals surface area (Å²) >= 11 is 0. The van der Waals surface area contributed by atoms with Crippen molar-refractivity contribution in [3.05, 3.63) is 82.9 Å². The second-order valence-electron chi connectivity index (χ2n) is 18.7. The van der Waals surface area contributed by atoms with Gasteiger partial charge in [-0.15, -0.1) is 0 Å². The summed E-state index contributed by atoms with van der Waals surface area (Å²) in [5.41, 5.74) is -5.69. The summed E-state index contributed by atoms with van der Waals surface area (Å²) < 4.78 is 22.8. The van der Waals surface area contributed by atoms with Gasteiger partial charge in [0.05, 0.1) is 29.3 Å². The highest BCUT2D eigenvalue weighted by molar-refractivity contribution is 5.95. The van der Waals surface area contributed by atoms with E-state index in [1.807, 2.05) is 0 Å². The van der Waals surface area contributed by atoms with Crippen molar-refractivity contribution in [2.24, 2.45) is 28.6 Å². The molecule has 1 heterocycles. The number of aliphatic hydroxyl groups excluding tert-OH is 6. The summed E-state index contributed by atoms with van der Waals surface area (Å²) in [6.07, 6.45) is -14.2. The Hall–Kier alpha value is -4.14. The molecule has 63 heavy (non-hydrogen) atoms. The second kappa shape index (κ2) is 17.3. The first-order chi connectivity index (χ1) is 29.6. The van der Waals surface area contributed by atoms with Gasteiger partial charge in [0.1, 0.15) is 49.3 Å². The van der Waals surface area contributed by atoms with Crippen LogP contribution >= 0.6 is 0 Å². The number of hydrogen-bond donors (Lipinski definition) is 9. The minimum absolute atomic E-state index is 0.0157. The average molecular weight is 882 g/mol. The molecule has 1 amide bonds. The fraction of sp³-hybridized carbons (Fsp3) is 0.609. The van der Waals surface area contributed by atoms with Gasteiger partial charge >= 0.3 is 11.9 Å². The maximum Gasteiger partial charge on any atom is 0.338 e. The quantitative estimate of drug-likeness (QED) is 0.109. The maximum absolute atomic E-state index is 15.1. The van der Waals surface area contributed by atoms with E-state index in [-0.39, 0.29) is 36.0 Å². The minimum atomic E-state index is -1.97. The Morgan fingerprint density at radius 3 is 2.16 bits per heavy atom. The van der Waals surface area contributed by atoms with Crippen LogP contribution in [0, 0.1) is 28.6 Å². The highest BCUT2D eigenvalue weighted by Crippen LogP contribution is 2.67. The van der Waals surface area contributed by atoms with E-state index in [4.69, 9.17) is 18.9 Å². The van der Waals surface area contributed by atoms with Gasteiger partial charge in [-0.25, -0.2) is 9.59 Å². The van der Waals surface area contributed by atoms with E-state index < -0.39 is 138 Å². The molecule has 4 aliphatic carbocycles. The molecule has 9 N–H and O–H groups in total. The van der Waals surface area contributed by atoms with E-state index in [0.29, 0.717) is 12.0 Å². The normalized spacial score (nSPS) is 39.3. The number of fused-ring (bicyclic) bond motifs is 5. The summed E-state index contributed by atoms with van der Waals surface area (Å²) in [6.45, 7) is 6.47. The molecule has 2 aromatic carbocycles. The van der Waals surface area contributed by atoms with Gasteiger partial charge in [-0.2, -0.15) is 0 Å². The van der Waals surface area contributed by atoms with Crippen molar-refractivity contribution in [1.82, 2.24) is 5.32 Å². The fourth-order valence-corrected chi connectivity index (χ4v) is 11.5. The number of rotatable bonds is 11. The van der Waals surface area contributed by atoms with E-state index in [1.165, 1.54) is 6.92 Å². The summed E-state index contributed by atoms with van der Waals surface area (Å²) in [6, 6.07) is 15.3. The predicted molar refractivity (Wildman–Crippen MR) is 219 cm³/mol. The van der Waals surface area contributed by atoms with Gasteiger partial charge in [-0.05, 0) is 73.8 Å². The summed E-state index contributed by atoms with van der Waals surface area (Å²) in [4.78, 5) is 56.0. The molecule has 17 nitrogen and oxygen atoms in total. The van der Waals surface area contributed by atoms with Gasteiger partial charge in [0.25, 0.3) is 5.91 Å². The highest BCUT2D eigenvalue weighted by atomic mass is 16.7. The monoisotopic (exact) mass is 881 g/mol. The van der Waals surface area contributed by atoms with E-state index in [9.17, 15) is 55.2 Å². The molecule has 13 unspecified atom stereocenters. The van der Waals surface area contributed by atoms with Gasteiger partial charge in [0, 0.05) is 23.3 Å². The van der Waals surface area contributed by atoms with Crippen molar-refractivity contribution >= 4 is 23.6 Å². The zero-order valence-corrected chi connectivity index (χ0v) is 35.9. The Labute approximate surface area is 364 Å². The van der Waals surface area contributed by atoms with E-state index >= 15 is 4.79 Å². The van der Waals surface area contributed by atoms with Crippen molar-refractivity contribution in [2.45, 2.75) is 133 Å². The molecule has 5 aliphatic rings. The zero-order valence-electron chi connectivity index (χ0n) is 35.9. The highest BCUT2D eigenvalue weighted by Gasteiger charge is 2.74. The van der Waals surface area contributed by atoms with E-state index in [0.717, 1.165) is 0 Å². The SMILES string of the molecule is CC1=C2C(O)C(=O)[C@]3(C)C(OC(=O)COC4OC(CO)C(O)C(O)C4O)C[C@H]4CCC4(O)C3[C@H](C)C(O)(CC1OC(=O)C(O)C(NC(=O)c1ccccc1)c1ccccc1)C2(C)C. The van der Waals surface area contributed by atoms with Crippen molar-refractivity contribution in [3.8, 4) is 0 Å². The number of hydrogen-bond acceptors (Lipinski definition) is 16. The molecule has 0 radical (unpaired) electrons. The van der Waals surface area contributed by atoms with E-state index in [1.54, 1.807) is 88.4 Å².